The standard InChI is InChI=1S/C21H26N2.ClH/c1-17-7-9-18(10-8-17)14-22-15-20-13-21(11-12-23(20)16-21)19-5-3-2-4-6-19;/h2-10,20,22H,11-16H2,1H3;1H/t20-,21+;/m1./s1. The highest BCUT2D eigenvalue weighted by Crippen LogP contribution is 2.46. The van der Waals surface area contributed by atoms with Crippen molar-refractivity contribution in [1.29, 1.82) is 0 Å². The van der Waals surface area contributed by atoms with Crippen LogP contribution in [0.15, 0.2) is 54.6 Å². The summed E-state index contributed by atoms with van der Waals surface area (Å²) in [6.07, 6.45) is 2.63. The average molecular weight is 343 g/mol. The second-order valence-corrected chi connectivity index (χ2v) is 7.34. The van der Waals surface area contributed by atoms with E-state index in [9.17, 15) is 0 Å². The first-order valence-corrected chi connectivity index (χ1v) is 8.81. The topological polar surface area (TPSA) is 15.3 Å². The van der Waals surface area contributed by atoms with Gasteiger partial charge in [-0.1, -0.05) is 60.2 Å². The molecule has 2 aromatic rings. The Hall–Kier alpha value is -1.35. The molecule has 3 heteroatoms. The molecule has 4 rings (SSSR count). The highest BCUT2D eigenvalue weighted by Gasteiger charge is 2.49. The minimum absolute atomic E-state index is 0. The summed E-state index contributed by atoms with van der Waals surface area (Å²) >= 11 is 0. The first-order valence-electron chi connectivity index (χ1n) is 8.81. The Morgan fingerprint density at radius 3 is 2.58 bits per heavy atom. The van der Waals surface area contributed by atoms with Crippen molar-refractivity contribution in [2.75, 3.05) is 19.6 Å². The number of rotatable bonds is 5. The number of benzene rings is 2. The molecule has 2 heterocycles. The molecular formula is C21H27ClN2. The van der Waals surface area contributed by atoms with Gasteiger partial charge in [-0.2, -0.15) is 0 Å². The molecule has 2 fully saturated rings. The van der Waals surface area contributed by atoms with Crippen molar-refractivity contribution in [3.63, 3.8) is 0 Å². The van der Waals surface area contributed by atoms with E-state index in [-0.39, 0.29) is 12.4 Å². The van der Waals surface area contributed by atoms with Crippen LogP contribution in [-0.4, -0.2) is 30.6 Å². The molecule has 2 aliphatic heterocycles. The summed E-state index contributed by atoms with van der Waals surface area (Å²) in [5.74, 6) is 0. The van der Waals surface area contributed by atoms with Gasteiger partial charge in [-0.3, -0.25) is 4.90 Å². The van der Waals surface area contributed by atoms with Gasteiger partial charge in [0.25, 0.3) is 0 Å². The molecule has 2 saturated heterocycles. The molecule has 2 aromatic carbocycles. The molecule has 0 spiro atoms. The zero-order valence-electron chi connectivity index (χ0n) is 14.4. The SMILES string of the molecule is Cc1ccc(CNC[C@H]2C[C@@]3(c4ccccc4)CCN2C3)cc1.Cl. The minimum Gasteiger partial charge on any atom is -0.311 e. The number of fused-ring (bicyclic) bond motifs is 2. The molecule has 3 atom stereocenters. The molecule has 1 N–H and O–H groups in total. The fraction of sp³-hybridized carbons (Fsp3) is 0.429. The lowest BCUT2D eigenvalue weighted by Gasteiger charge is -2.30. The van der Waals surface area contributed by atoms with Crippen molar-refractivity contribution in [2.24, 2.45) is 0 Å². The maximum Gasteiger partial charge on any atom is 0.0230 e. The maximum absolute atomic E-state index is 3.67. The summed E-state index contributed by atoms with van der Waals surface area (Å²) in [5.41, 5.74) is 4.67. The van der Waals surface area contributed by atoms with Crippen molar-refractivity contribution in [2.45, 2.75) is 37.8 Å². The van der Waals surface area contributed by atoms with Crippen LogP contribution in [-0.2, 0) is 12.0 Å². The minimum atomic E-state index is 0. The van der Waals surface area contributed by atoms with Crippen molar-refractivity contribution in [3.8, 4) is 0 Å². The molecule has 2 bridgehead atoms. The monoisotopic (exact) mass is 342 g/mol. The molecule has 0 radical (unpaired) electrons. The van der Waals surface area contributed by atoms with E-state index in [0.717, 1.165) is 13.1 Å². The van der Waals surface area contributed by atoms with E-state index in [1.54, 1.807) is 5.56 Å². The van der Waals surface area contributed by atoms with Crippen LogP contribution in [0.3, 0.4) is 0 Å². The van der Waals surface area contributed by atoms with Crippen LogP contribution in [0.5, 0.6) is 0 Å². The zero-order chi connectivity index (χ0) is 15.7. The summed E-state index contributed by atoms with van der Waals surface area (Å²) in [7, 11) is 0. The van der Waals surface area contributed by atoms with Crippen LogP contribution in [0.25, 0.3) is 0 Å². The Morgan fingerprint density at radius 2 is 1.83 bits per heavy atom. The van der Waals surface area contributed by atoms with Gasteiger partial charge in [0.2, 0.25) is 0 Å². The van der Waals surface area contributed by atoms with Gasteiger partial charge in [0.1, 0.15) is 0 Å². The van der Waals surface area contributed by atoms with Crippen LogP contribution < -0.4 is 5.32 Å². The molecule has 2 nitrogen and oxygen atoms in total. The van der Waals surface area contributed by atoms with E-state index in [1.165, 1.54) is 37.1 Å². The van der Waals surface area contributed by atoms with Crippen molar-refractivity contribution in [3.05, 3.63) is 71.3 Å². The molecular weight excluding hydrogens is 316 g/mol. The average Bonchev–Trinajstić information content (AvgIpc) is 3.17. The molecule has 2 aliphatic rings. The van der Waals surface area contributed by atoms with E-state index >= 15 is 0 Å². The lowest BCUT2D eigenvalue weighted by molar-refractivity contribution is 0.250. The Kier molecular flexibility index (Phi) is 5.29. The first-order chi connectivity index (χ1) is 11.3. The lowest BCUT2D eigenvalue weighted by atomic mass is 9.76. The highest BCUT2D eigenvalue weighted by atomic mass is 35.5. The quantitative estimate of drug-likeness (QED) is 0.885. The third kappa shape index (κ3) is 3.37. The molecule has 0 aliphatic carbocycles. The molecule has 24 heavy (non-hydrogen) atoms. The van der Waals surface area contributed by atoms with Crippen molar-refractivity contribution >= 4 is 12.4 Å². The van der Waals surface area contributed by atoms with E-state index in [2.05, 4.69) is 71.7 Å². The van der Waals surface area contributed by atoms with Crippen molar-refractivity contribution < 1.29 is 0 Å². The summed E-state index contributed by atoms with van der Waals surface area (Å²) in [5, 5.41) is 3.67. The fourth-order valence-electron chi connectivity index (χ4n) is 4.40. The van der Waals surface area contributed by atoms with E-state index in [1.807, 2.05) is 0 Å². The van der Waals surface area contributed by atoms with Crippen LogP contribution >= 0.6 is 12.4 Å². The third-order valence-corrected chi connectivity index (χ3v) is 5.74. The normalized spacial score (nSPS) is 27.9. The largest absolute Gasteiger partial charge is 0.311 e. The van der Waals surface area contributed by atoms with Gasteiger partial charge < -0.3 is 5.32 Å². The van der Waals surface area contributed by atoms with Gasteiger partial charge in [-0.05, 0) is 37.4 Å². The van der Waals surface area contributed by atoms with Crippen LogP contribution in [0.4, 0.5) is 0 Å². The Balaban J connectivity index is 0.00000169. The summed E-state index contributed by atoms with van der Waals surface area (Å²) in [6.45, 7) is 6.72. The number of halogens is 1. The fourth-order valence-corrected chi connectivity index (χ4v) is 4.40. The van der Waals surface area contributed by atoms with Gasteiger partial charge in [-0.15, -0.1) is 12.4 Å². The van der Waals surface area contributed by atoms with Gasteiger partial charge in [0, 0.05) is 31.1 Å². The molecule has 0 amide bonds. The predicted octanol–water partition coefficient (Wildman–Crippen LogP) is 3.92. The molecule has 1 unspecified atom stereocenters. The number of nitrogens with zero attached hydrogens (tertiary/aromatic N) is 1. The third-order valence-electron chi connectivity index (χ3n) is 5.74. The Morgan fingerprint density at radius 1 is 1.08 bits per heavy atom. The second-order valence-electron chi connectivity index (χ2n) is 7.34. The summed E-state index contributed by atoms with van der Waals surface area (Å²) in [4.78, 5) is 2.69. The second kappa shape index (κ2) is 7.26. The Labute approximate surface area is 151 Å². The van der Waals surface area contributed by atoms with Gasteiger partial charge in [0.05, 0.1) is 0 Å². The summed E-state index contributed by atoms with van der Waals surface area (Å²) < 4.78 is 0. The first kappa shape index (κ1) is 17.5. The number of aryl methyl sites for hydroxylation is 1. The van der Waals surface area contributed by atoms with E-state index < -0.39 is 0 Å². The number of piperidine rings is 1. The molecule has 128 valence electrons. The zero-order valence-corrected chi connectivity index (χ0v) is 15.2. The van der Waals surface area contributed by atoms with Crippen LogP contribution in [0.2, 0.25) is 0 Å². The van der Waals surface area contributed by atoms with Gasteiger partial charge in [-0.25, -0.2) is 0 Å². The Bertz CT molecular complexity index is 655. The molecule has 0 saturated carbocycles. The predicted molar refractivity (Wildman–Crippen MR) is 103 cm³/mol. The van der Waals surface area contributed by atoms with Crippen LogP contribution in [0, 0.1) is 6.92 Å². The summed E-state index contributed by atoms with van der Waals surface area (Å²) in [6, 6.07) is 20.7. The number of nitrogens with one attached hydrogen (secondary N) is 1. The maximum atomic E-state index is 3.67. The smallest absolute Gasteiger partial charge is 0.0230 e. The van der Waals surface area contributed by atoms with Gasteiger partial charge >= 0.3 is 0 Å². The van der Waals surface area contributed by atoms with Crippen molar-refractivity contribution in [1.82, 2.24) is 10.2 Å². The lowest BCUT2D eigenvalue weighted by Crippen LogP contribution is -2.39. The van der Waals surface area contributed by atoms with Gasteiger partial charge in [0.15, 0.2) is 0 Å². The number of hydrogen-bond donors (Lipinski definition) is 1. The molecule has 0 aromatic heterocycles. The highest BCUT2D eigenvalue weighted by molar-refractivity contribution is 5.85. The van der Waals surface area contributed by atoms with E-state index in [0.29, 0.717) is 11.5 Å². The van der Waals surface area contributed by atoms with Crippen LogP contribution in [0.1, 0.15) is 29.5 Å². The number of hydrogen-bond acceptors (Lipinski definition) is 2. The van der Waals surface area contributed by atoms with E-state index in [4.69, 9.17) is 0 Å².